The van der Waals surface area contributed by atoms with Crippen LogP contribution in [0.2, 0.25) is 5.02 Å². The Kier molecular flexibility index (Phi) is 4.20. The van der Waals surface area contributed by atoms with E-state index < -0.39 is 5.41 Å². The van der Waals surface area contributed by atoms with E-state index in [1.807, 2.05) is 43.3 Å². The Morgan fingerprint density at radius 1 is 1.27 bits per heavy atom. The molecule has 2 N–H and O–H groups in total. The van der Waals surface area contributed by atoms with E-state index in [9.17, 15) is 4.79 Å². The Labute approximate surface area is 156 Å². The van der Waals surface area contributed by atoms with Crippen LogP contribution in [0.15, 0.2) is 48.8 Å². The van der Waals surface area contributed by atoms with E-state index in [0.29, 0.717) is 16.7 Å². The first-order chi connectivity index (χ1) is 12.6. The zero-order valence-corrected chi connectivity index (χ0v) is 15.0. The van der Waals surface area contributed by atoms with Crippen molar-refractivity contribution in [3.63, 3.8) is 0 Å². The highest BCUT2D eigenvalue weighted by Gasteiger charge is 2.51. The maximum atomic E-state index is 12.9. The second kappa shape index (κ2) is 6.53. The molecule has 0 aliphatic heterocycles. The SMILES string of the molecule is C[C@@H](NC(=O)C1(c2ccc(Cl)cc2)CC1)c1nc(-c2cccnc2)n[nH]1. The number of halogens is 1. The zero-order chi connectivity index (χ0) is 18.1. The highest BCUT2D eigenvalue weighted by molar-refractivity contribution is 6.30. The lowest BCUT2D eigenvalue weighted by Crippen LogP contribution is -2.36. The molecule has 1 aliphatic carbocycles. The van der Waals surface area contributed by atoms with Gasteiger partial charge in [0.25, 0.3) is 0 Å². The van der Waals surface area contributed by atoms with Crippen LogP contribution in [0.25, 0.3) is 11.4 Å². The molecule has 3 aromatic rings. The van der Waals surface area contributed by atoms with E-state index in [4.69, 9.17) is 11.6 Å². The van der Waals surface area contributed by atoms with E-state index in [2.05, 4.69) is 25.5 Å². The largest absolute Gasteiger partial charge is 0.346 e. The van der Waals surface area contributed by atoms with Crippen molar-refractivity contribution in [2.75, 3.05) is 0 Å². The average molecular weight is 368 g/mol. The predicted molar refractivity (Wildman–Crippen MR) is 98.5 cm³/mol. The van der Waals surface area contributed by atoms with E-state index in [0.717, 1.165) is 24.0 Å². The van der Waals surface area contributed by atoms with E-state index >= 15 is 0 Å². The van der Waals surface area contributed by atoms with Crippen LogP contribution in [0.1, 0.15) is 37.2 Å². The number of benzene rings is 1. The quantitative estimate of drug-likeness (QED) is 0.723. The molecule has 1 fully saturated rings. The molecule has 0 saturated heterocycles. The number of hydrogen-bond donors (Lipinski definition) is 2. The summed E-state index contributed by atoms with van der Waals surface area (Å²) >= 11 is 5.95. The Bertz CT molecular complexity index is 919. The van der Waals surface area contributed by atoms with Crippen molar-refractivity contribution in [3.05, 3.63) is 65.2 Å². The Morgan fingerprint density at radius 3 is 2.69 bits per heavy atom. The second-order valence-electron chi connectivity index (χ2n) is 6.57. The van der Waals surface area contributed by atoms with Gasteiger partial charge in [0.05, 0.1) is 11.5 Å². The first kappa shape index (κ1) is 16.7. The van der Waals surface area contributed by atoms with Gasteiger partial charge in [0.1, 0.15) is 5.82 Å². The summed E-state index contributed by atoms with van der Waals surface area (Å²) in [5.41, 5.74) is 1.37. The second-order valence-corrected chi connectivity index (χ2v) is 7.01. The molecule has 0 unspecified atom stereocenters. The van der Waals surface area contributed by atoms with Crippen LogP contribution in [0.3, 0.4) is 0 Å². The molecule has 26 heavy (non-hydrogen) atoms. The number of hydrogen-bond acceptors (Lipinski definition) is 4. The number of carbonyl (C=O) groups is 1. The van der Waals surface area contributed by atoms with Crippen LogP contribution in [0.4, 0.5) is 0 Å². The summed E-state index contributed by atoms with van der Waals surface area (Å²) in [7, 11) is 0. The molecule has 6 nitrogen and oxygen atoms in total. The number of H-pyrrole nitrogens is 1. The van der Waals surface area contributed by atoms with Gasteiger partial charge in [0.2, 0.25) is 5.91 Å². The van der Waals surface area contributed by atoms with Crippen molar-refractivity contribution in [1.29, 1.82) is 0 Å². The average Bonchev–Trinajstić information content (AvgIpc) is 3.32. The molecule has 1 aromatic carbocycles. The number of aromatic amines is 1. The monoisotopic (exact) mass is 367 g/mol. The normalized spacial score (nSPS) is 16.1. The van der Waals surface area contributed by atoms with Crippen LogP contribution in [-0.2, 0) is 10.2 Å². The molecule has 1 saturated carbocycles. The Balaban J connectivity index is 1.48. The number of carbonyl (C=O) groups excluding carboxylic acids is 1. The topological polar surface area (TPSA) is 83.6 Å². The highest BCUT2D eigenvalue weighted by Crippen LogP contribution is 2.48. The van der Waals surface area contributed by atoms with Crippen LogP contribution >= 0.6 is 11.6 Å². The van der Waals surface area contributed by atoms with Crippen molar-refractivity contribution >= 4 is 17.5 Å². The van der Waals surface area contributed by atoms with Crippen molar-refractivity contribution in [2.24, 2.45) is 0 Å². The molecule has 0 bridgehead atoms. The van der Waals surface area contributed by atoms with Crippen LogP contribution in [-0.4, -0.2) is 26.1 Å². The van der Waals surface area contributed by atoms with Gasteiger partial charge in [-0.25, -0.2) is 4.98 Å². The molecule has 1 amide bonds. The fourth-order valence-corrected chi connectivity index (χ4v) is 3.16. The smallest absolute Gasteiger partial charge is 0.231 e. The van der Waals surface area contributed by atoms with Gasteiger partial charge in [0.15, 0.2) is 5.82 Å². The molecule has 132 valence electrons. The first-order valence-corrected chi connectivity index (χ1v) is 8.86. The van der Waals surface area contributed by atoms with Crippen LogP contribution in [0, 0.1) is 0 Å². The standard InChI is InChI=1S/C19H18ClN5O/c1-12(16-23-17(25-24-16)13-3-2-10-21-11-13)22-18(26)19(8-9-19)14-4-6-15(20)7-5-14/h2-7,10-12H,8-9H2,1H3,(H,22,26)(H,23,24,25)/t12-/m1/s1. The van der Waals surface area contributed by atoms with Crippen LogP contribution < -0.4 is 5.32 Å². The number of rotatable bonds is 5. The van der Waals surface area contributed by atoms with Crippen molar-refractivity contribution in [2.45, 2.75) is 31.2 Å². The number of pyridine rings is 1. The summed E-state index contributed by atoms with van der Waals surface area (Å²) in [6.45, 7) is 1.89. The van der Waals surface area contributed by atoms with E-state index in [-0.39, 0.29) is 11.9 Å². The summed E-state index contributed by atoms with van der Waals surface area (Å²) < 4.78 is 0. The molecule has 2 aromatic heterocycles. The van der Waals surface area contributed by atoms with Gasteiger partial charge in [0, 0.05) is 23.0 Å². The maximum absolute atomic E-state index is 12.9. The Morgan fingerprint density at radius 2 is 2.04 bits per heavy atom. The summed E-state index contributed by atoms with van der Waals surface area (Å²) in [5, 5.41) is 10.9. The lowest BCUT2D eigenvalue weighted by atomic mass is 9.94. The number of amides is 1. The summed E-state index contributed by atoms with van der Waals surface area (Å²) in [4.78, 5) is 21.4. The van der Waals surface area contributed by atoms with Crippen LogP contribution in [0.5, 0.6) is 0 Å². The molecular formula is C19H18ClN5O. The van der Waals surface area contributed by atoms with Gasteiger partial charge in [-0.2, -0.15) is 5.10 Å². The third-order valence-electron chi connectivity index (χ3n) is 4.76. The third kappa shape index (κ3) is 3.08. The number of nitrogens with zero attached hydrogens (tertiary/aromatic N) is 3. The lowest BCUT2D eigenvalue weighted by Gasteiger charge is -2.18. The van der Waals surface area contributed by atoms with Gasteiger partial charge in [-0.05, 0) is 49.6 Å². The number of nitrogens with one attached hydrogen (secondary N) is 2. The fourth-order valence-electron chi connectivity index (χ4n) is 3.04. The number of aromatic nitrogens is 4. The summed E-state index contributed by atoms with van der Waals surface area (Å²) in [6.07, 6.45) is 5.08. The van der Waals surface area contributed by atoms with E-state index in [1.54, 1.807) is 12.4 Å². The first-order valence-electron chi connectivity index (χ1n) is 8.48. The van der Waals surface area contributed by atoms with Gasteiger partial charge < -0.3 is 5.32 Å². The molecule has 0 radical (unpaired) electrons. The third-order valence-corrected chi connectivity index (χ3v) is 5.01. The maximum Gasteiger partial charge on any atom is 0.231 e. The minimum atomic E-state index is -0.453. The Hall–Kier alpha value is -2.73. The van der Waals surface area contributed by atoms with Gasteiger partial charge in [-0.3, -0.25) is 14.9 Å². The van der Waals surface area contributed by atoms with Gasteiger partial charge in [-0.1, -0.05) is 23.7 Å². The molecule has 4 rings (SSSR count). The minimum Gasteiger partial charge on any atom is -0.346 e. The van der Waals surface area contributed by atoms with Crippen molar-refractivity contribution < 1.29 is 4.79 Å². The van der Waals surface area contributed by atoms with Crippen molar-refractivity contribution in [3.8, 4) is 11.4 Å². The van der Waals surface area contributed by atoms with Gasteiger partial charge in [-0.15, -0.1) is 0 Å². The molecular weight excluding hydrogens is 350 g/mol. The molecule has 0 spiro atoms. The summed E-state index contributed by atoms with van der Waals surface area (Å²) in [5.74, 6) is 1.18. The molecule has 1 atom stereocenters. The molecule has 2 heterocycles. The highest BCUT2D eigenvalue weighted by atomic mass is 35.5. The zero-order valence-electron chi connectivity index (χ0n) is 14.2. The summed E-state index contributed by atoms with van der Waals surface area (Å²) in [6, 6.07) is 10.9. The molecule has 7 heteroatoms. The van der Waals surface area contributed by atoms with Crippen molar-refractivity contribution in [1.82, 2.24) is 25.5 Å². The lowest BCUT2D eigenvalue weighted by molar-refractivity contribution is -0.124. The predicted octanol–water partition coefficient (Wildman–Crippen LogP) is 3.43. The van der Waals surface area contributed by atoms with E-state index in [1.165, 1.54) is 0 Å². The van der Waals surface area contributed by atoms with Gasteiger partial charge >= 0.3 is 0 Å². The molecule has 1 aliphatic rings. The fraction of sp³-hybridized carbons (Fsp3) is 0.263. The minimum absolute atomic E-state index is 0.00616.